The van der Waals surface area contributed by atoms with Crippen LogP contribution in [0.25, 0.3) is 11.4 Å². The molecule has 0 aliphatic heterocycles. The fourth-order valence-corrected chi connectivity index (χ4v) is 1.76. The molecule has 19 heavy (non-hydrogen) atoms. The molecule has 0 bridgehead atoms. The summed E-state index contributed by atoms with van der Waals surface area (Å²) in [5.74, 6) is 0.0305. The van der Waals surface area contributed by atoms with Gasteiger partial charge in [0, 0.05) is 18.2 Å². The van der Waals surface area contributed by atoms with Crippen LogP contribution in [0.1, 0.15) is 12.6 Å². The third-order valence-electron chi connectivity index (χ3n) is 2.65. The molecule has 1 heterocycles. The van der Waals surface area contributed by atoms with E-state index >= 15 is 0 Å². The van der Waals surface area contributed by atoms with Crippen LogP contribution in [0.3, 0.4) is 0 Å². The smallest absolute Gasteiger partial charge is 0.293 e. The molecule has 2 rings (SSSR count). The molecule has 1 aromatic heterocycles. The Morgan fingerprint density at radius 1 is 1.21 bits per heavy atom. The number of halogens is 3. The molecule has 0 unspecified atom stereocenters. The van der Waals surface area contributed by atoms with Gasteiger partial charge in [0.2, 0.25) is 0 Å². The molecule has 0 amide bonds. The Hall–Kier alpha value is -2.11. The number of hydrogen-bond acceptors (Lipinski definition) is 2. The SMILES string of the molecule is CCn1c(-c2ccccc2)nc(C(F)(F)F)cc1=O. The van der Waals surface area contributed by atoms with Gasteiger partial charge in [0.05, 0.1) is 0 Å². The number of benzene rings is 1. The van der Waals surface area contributed by atoms with E-state index in [2.05, 4.69) is 4.98 Å². The van der Waals surface area contributed by atoms with Gasteiger partial charge in [-0.3, -0.25) is 9.36 Å². The summed E-state index contributed by atoms with van der Waals surface area (Å²) in [6.07, 6.45) is -4.63. The zero-order valence-electron chi connectivity index (χ0n) is 10.1. The summed E-state index contributed by atoms with van der Waals surface area (Å²) in [5, 5.41) is 0. The number of aromatic nitrogens is 2. The van der Waals surface area contributed by atoms with E-state index in [0.717, 1.165) is 0 Å². The average molecular weight is 268 g/mol. The Bertz CT molecular complexity index is 633. The van der Waals surface area contributed by atoms with Gasteiger partial charge in [-0.1, -0.05) is 30.3 Å². The highest BCUT2D eigenvalue weighted by molar-refractivity contribution is 5.55. The van der Waals surface area contributed by atoms with Crippen LogP contribution >= 0.6 is 0 Å². The quantitative estimate of drug-likeness (QED) is 0.839. The normalized spacial score (nSPS) is 11.6. The van der Waals surface area contributed by atoms with Gasteiger partial charge >= 0.3 is 6.18 Å². The minimum absolute atomic E-state index is 0.0305. The zero-order chi connectivity index (χ0) is 14.0. The van der Waals surface area contributed by atoms with Gasteiger partial charge in [-0.05, 0) is 6.92 Å². The fourth-order valence-electron chi connectivity index (χ4n) is 1.76. The zero-order valence-corrected chi connectivity index (χ0v) is 10.1. The summed E-state index contributed by atoms with van der Waals surface area (Å²) >= 11 is 0. The summed E-state index contributed by atoms with van der Waals surface area (Å²) in [7, 11) is 0. The van der Waals surface area contributed by atoms with Crippen molar-refractivity contribution in [2.24, 2.45) is 0 Å². The molecule has 0 spiro atoms. The molecule has 6 heteroatoms. The van der Waals surface area contributed by atoms with Gasteiger partial charge in [0.1, 0.15) is 5.82 Å². The topological polar surface area (TPSA) is 34.9 Å². The highest BCUT2D eigenvalue weighted by Crippen LogP contribution is 2.28. The van der Waals surface area contributed by atoms with E-state index in [-0.39, 0.29) is 12.4 Å². The van der Waals surface area contributed by atoms with Crippen LogP contribution in [0, 0.1) is 0 Å². The van der Waals surface area contributed by atoms with Crippen molar-refractivity contribution in [3.8, 4) is 11.4 Å². The van der Waals surface area contributed by atoms with Crippen molar-refractivity contribution < 1.29 is 13.2 Å². The van der Waals surface area contributed by atoms with Gasteiger partial charge in [0.15, 0.2) is 5.69 Å². The lowest BCUT2D eigenvalue weighted by Crippen LogP contribution is -2.25. The molecule has 0 aliphatic carbocycles. The van der Waals surface area contributed by atoms with Gasteiger partial charge in [-0.25, -0.2) is 4.98 Å². The molecule has 1 aromatic carbocycles. The maximum atomic E-state index is 12.7. The molecular formula is C13H11F3N2O. The first-order chi connectivity index (χ1) is 8.93. The molecule has 0 radical (unpaired) electrons. The third-order valence-corrected chi connectivity index (χ3v) is 2.65. The second kappa shape index (κ2) is 4.87. The minimum Gasteiger partial charge on any atom is -0.293 e. The highest BCUT2D eigenvalue weighted by Gasteiger charge is 2.34. The molecular weight excluding hydrogens is 257 g/mol. The first kappa shape index (κ1) is 13.3. The summed E-state index contributed by atoms with van der Waals surface area (Å²) in [4.78, 5) is 15.3. The van der Waals surface area contributed by atoms with Crippen molar-refractivity contribution in [1.29, 1.82) is 0 Å². The number of nitrogens with zero attached hydrogens (tertiary/aromatic N) is 2. The number of rotatable bonds is 2. The van der Waals surface area contributed by atoms with Crippen molar-refractivity contribution >= 4 is 0 Å². The maximum absolute atomic E-state index is 12.7. The number of hydrogen-bond donors (Lipinski definition) is 0. The third kappa shape index (κ3) is 2.67. The van der Waals surface area contributed by atoms with Crippen molar-refractivity contribution in [3.05, 3.63) is 52.4 Å². The molecule has 0 fully saturated rings. The fraction of sp³-hybridized carbons (Fsp3) is 0.231. The Morgan fingerprint density at radius 3 is 2.37 bits per heavy atom. The summed E-state index contributed by atoms with van der Waals surface area (Å²) in [5.41, 5.74) is -1.39. The molecule has 3 nitrogen and oxygen atoms in total. The Labute approximate surface area is 107 Å². The molecule has 100 valence electrons. The first-order valence-corrected chi connectivity index (χ1v) is 5.68. The van der Waals surface area contributed by atoms with E-state index in [0.29, 0.717) is 11.6 Å². The molecule has 0 saturated heterocycles. The largest absolute Gasteiger partial charge is 0.433 e. The van der Waals surface area contributed by atoms with E-state index < -0.39 is 17.4 Å². The van der Waals surface area contributed by atoms with Crippen LogP contribution in [-0.4, -0.2) is 9.55 Å². The van der Waals surface area contributed by atoms with E-state index in [9.17, 15) is 18.0 Å². The predicted octanol–water partition coefficient (Wildman–Crippen LogP) is 2.95. The van der Waals surface area contributed by atoms with Crippen molar-refractivity contribution in [2.75, 3.05) is 0 Å². The molecule has 0 atom stereocenters. The average Bonchev–Trinajstić information content (AvgIpc) is 2.37. The molecule has 0 aliphatic rings. The second-order valence-corrected chi connectivity index (χ2v) is 3.91. The predicted molar refractivity (Wildman–Crippen MR) is 64.6 cm³/mol. The van der Waals surface area contributed by atoms with Crippen LogP contribution in [0.15, 0.2) is 41.2 Å². The Balaban J connectivity index is 2.71. The second-order valence-electron chi connectivity index (χ2n) is 3.91. The Morgan fingerprint density at radius 2 is 1.84 bits per heavy atom. The maximum Gasteiger partial charge on any atom is 0.433 e. The van der Waals surface area contributed by atoms with Gasteiger partial charge < -0.3 is 0 Å². The Kier molecular flexibility index (Phi) is 3.42. The van der Waals surface area contributed by atoms with Crippen LogP contribution < -0.4 is 5.56 Å². The van der Waals surface area contributed by atoms with Crippen molar-refractivity contribution in [1.82, 2.24) is 9.55 Å². The van der Waals surface area contributed by atoms with E-state index in [1.807, 2.05) is 0 Å². The lowest BCUT2D eigenvalue weighted by atomic mass is 10.2. The summed E-state index contributed by atoms with van der Waals surface area (Å²) in [6, 6.07) is 8.87. The summed E-state index contributed by atoms with van der Waals surface area (Å²) < 4.78 is 39.3. The number of alkyl halides is 3. The monoisotopic (exact) mass is 268 g/mol. The molecule has 2 aromatic rings. The molecule has 0 N–H and O–H groups in total. The van der Waals surface area contributed by atoms with Crippen LogP contribution in [-0.2, 0) is 12.7 Å². The van der Waals surface area contributed by atoms with Gasteiger partial charge in [0.25, 0.3) is 5.56 Å². The highest BCUT2D eigenvalue weighted by atomic mass is 19.4. The first-order valence-electron chi connectivity index (χ1n) is 5.68. The summed E-state index contributed by atoms with van der Waals surface area (Å²) in [6.45, 7) is 1.94. The van der Waals surface area contributed by atoms with E-state index in [1.165, 1.54) is 4.57 Å². The van der Waals surface area contributed by atoms with Gasteiger partial charge in [-0.15, -0.1) is 0 Å². The van der Waals surface area contributed by atoms with Crippen LogP contribution in [0.2, 0.25) is 0 Å². The van der Waals surface area contributed by atoms with Gasteiger partial charge in [-0.2, -0.15) is 13.2 Å². The van der Waals surface area contributed by atoms with E-state index in [4.69, 9.17) is 0 Å². The standard InChI is InChI=1S/C13H11F3N2O/c1-2-18-11(19)8-10(13(14,15)16)17-12(18)9-6-4-3-5-7-9/h3-8H,2H2,1H3. The van der Waals surface area contributed by atoms with Crippen LogP contribution in [0.4, 0.5) is 13.2 Å². The van der Waals surface area contributed by atoms with Crippen LogP contribution in [0.5, 0.6) is 0 Å². The lowest BCUT2D eigenvalue weighted by Gasteiger charge is -2.13. The molecule has 0 saturated carbocycles. The minimum atomic E-state index is -4.63. The van der Waals surface area contributed by atoms with Crippen molar-refractivity contribution in [2.45, 2.75) is 19.6 Å². The van der Waals surface area contributed by atoms with E-state index in [1.54, 1.807) is 37.3 Å². The van der Waals surface area contributed by atoms with Crippen molar-refractivity contribution in [3.63, 3.8) is 0 Å². The lowest BCUT2D eigenvalue weighted by molar-refractivity contribution is -0.141.